The van der Waals surface area contributed by atoms with Gasteiger partial charge in [-0.2, -0.15) is 0 Å². The van der Waals surface area contributed by atoms with E-state index >= 15 is 0 Å². The summed E-state index contributed by atoms with van der Waals surface area (Å²) in [5.41, 5.74) is 3.70. The van der Waals surface area contributed by atoms with E-state index in [0.717, 1.165) is 6.54 Å². The number of fused-ring (bicyclic) bond motifs is 1. The van der Waals surface area contributed by atoms with Gasteiger partial charge in [0.15, 0.2) is 0 Å². The minimum Gasteiger partial charge on any atom is -0.394 e. The van der Waals surface area contributed by atoms with E-state index in [4.69, 9.17) is 0 Å². The predicted molar refractivity (Wildman–Crippen MR) is 85.7 cm³/mol. The molecule has 124 valence electrons. The molecule has 0 saturated carbocycles. The van der Waals surface area contributed by atoms with Crippen LogP contribution in [0, 0.1) is 13.8 Å². The first-order chi connectivity index (χ1) is 11.0. The molecule has 3 N–H and O–H groups in total. The van der Waals surface area contributed by atoms with Gasteiger partial charge in [0.1, 0.15) is 12.1 Å². The molecule has 2 saturated heterocycles. The zero-order chi connectivity index (χ0) is 16.6. The summed E-state index contributed by atoms with van der Waals surface area (Å²) in [4.78, 5) is 25.9. The highest BCUT2D eigenvalue weighted by molar-refractivity contribution is 5.97. The van der Waals surface area contributed by atoms with E-state index in [1.54, 1.807) is 4.90 Å². The Morgan fingerprint density at radius 1 is 1.35 bits per heavy atom. The molecule has 2 aliphatic heterocycles. The number of hydrogen-bond donors (Lipinski definition) is 3. The van der Waals surface area contributed by atoms with Crippen LogP contribution in [0.5, 0.6) is 0 Å². The van der Waals surface area contributed by atoms with Gasteiger partial charge in [-0.3, -0.25) is 9.59 Å². The van der Waals surface area contributed by atoms with Crippen molar-refractivity contribution in [3.8, 4) is 0 Å². The van der Waals surface area contributed by atoms with Gasteiger partial charge < -0.3 is 20.6 Å². The SMILES string of the molecule is Cc1ccc(CN[C@H]2C[C@H]3C(=O)N[C@H](CO)C(=O)N3C2)c(C)c1. The Bertz CT molecular complexity index is 632. The average molecular weight is 317 g/mol. The van der Waals surface area contributed by atoms with Crippen molar-refractivity contribution in [2.75, 3.05) is 13.2 Å². The van der Waals surface area contributed by atoms with Gasteiger partial charge in [0.2, 0.25) is 11.8 Å². The lowest BCUT2D eigenvalue weighted by atomic mass is 10.0. The van der Waals surface area contributed by atoms with E-state index in [-0.39, 0.29) is 24.5 Å². The third-order valence-corrected chi connectivity index (χ3v) is 4.76. The zero-order valence-corrected chi connectivity index (χ0v) is 13.5. The largest absolute Gasteiger partial charge is 0.394 e. The molecule has 2 aliphatic rings. The topological polar surface area (TPSA) is 81.7 Å². The van der Waals surface area contributed by atoms with Gasteiger partial charge in [0.05, 0.1) is 6.61 Å². The molecule has 0 aromatic heterocycles. The van der Waals surface area contributed by atoms with Gasteiger partial charge in [-0.15, -0.1) is 0 Å². The molecule has 2 heterocycles. The van der Waals surface area contributed by atoms with Crippen LogP contribution in [0.25, 0.3) is 0 Å². The number of aryl methyl sites for hydroxylation is 2. The maximum absolute atomic E-state index is 12.2. The highest BCUT2D eigenvalue weighted by Crippen LogP contribution is 2.23. The zero-order valence-electron chi connectivity index (χ0n) is 13.5. The van der Waals surface area contributed by atoms with Gasteiger partial charge in [-0.25, -0.2) is 0 Å². The molecule has 0 bridgehead atoms. The summed E-state index contributed by atoms with van der Waals surface area (Å²) in [6, 6.07) is 5.23. The third-order valence-electron chi connectivity index (χ3n) is 4.76. The summed E-state index contributed by atoms with van der Waals surface area (Å²) in [6.45, 7) is 5.04. The first-order valence-corrected chi connectivity index (χ1v) is 8.01. The van der Waals surface area contributed by atoms with Gasteiger partial charge in [-0.05, 0) is 31.4 Å². The minimum absolute atomic E-state index is 0.0906. The molecule has 2 amide bonds. The number of rotatable bonds is 4. The molecule has 3 atom stereocenters. The third kappa shape index (κ3) is 3.09. The first kappa shape index (κ1) is 16.0. The second kappa shape index (κ2) is 6.29. The smallest absolute Gasteiger partial charge is 0.248 e. The van der Waals surface area contributed by atoms with Crippen LogP contribution in [0.3, 0.4) is 0 Å². The first-order valence-electron chi connectivity index (χ1n) is 8.01. The van der Waals surface area contributed by atoms with E-state index in [9.17, 15) is 14.7 Å². The van der Waals surface area contributed by atoms with Crippen molar-refractivity contribution in [1.82, 2.24) is 15.5 Å². The Morgan fingerprint density at radius 2 is 2.13 bits per heavy atom. The van der Waals surface area contributed by atoms with Crippen LogP contribution in [0.1, 0.15) is 23.1 Å². The van der Waals surface area contributed by atoms with E-state index in [0.29, 0.717) is 13.0 Å². The summed E-state index contributed by atoms with van der Waals surface area (Å²) in [5.74, 6) is -0.354. The Morgan fingerprint density at radius 3 is 2.83 bits per heavy atom. The van der Waals surface area contributed by atoms with Crippen LogP contribution in [0.2, 0.25) is 0 Å². The van der Waals surface area contributed by atoms with Crippen molar-refractivity contribution >= 4 is 11.8 Å². The summed E-state index contributed by atoms with van der Waals surface area (Å²) < 4.78 is 0. The fourth-order valence-electron chi connectivity index (χ4n) is 3.43. The van der Waals surface area contributed by atoms with Crippen LogP contribution < -0.4 is 10.6 Å². The molecular weight excluding hydrogens is 294 g/mol. The average Bonchev–Trinajstić information content (AvgIpc) is 2.95. The van der Waals surface area contributed by atoms with Gasteiger partial charge >= 0.3 is 0 Å². The molecule has 23 heavy (non-hydrogen) atoms. The number of aliphatic hydroxyl groups is 1. The highest BCUT2D eigenvalue weighted by atomic mass is 16.3. The lowest BCUT2D eigenvalue weighted by Crippen LogP contribution is -2.62. The summed E-state index contributed by atoms with van der Waals surface area (Å²) in [7, 11) is 0. The molecule has 2 fully saturated rings. The monoisotopic (exact) mass is 317 g/mol. The number of aliphatic hydroxyl groups excluding tert-OH is 1. The van der Waals surface area contributed by atoms with Crippen LogP contribution in [0.15, 0.2) is 18.2 Å². The van der Waals surface area contributed by atoms with Crippen molar-refractivity contribution in [1.29, 1.82) is 0 Å². The van der Waals surface area contributed by atoms with Crippen molar-refractivity contribution in [3.63, 3.8) is 0 Å². The lowest BCUT2D eigenvalue weighted by molar-refractivity contribution is -0.148. The van der Waals surface area contributed by atoms with Crippen molar-refractivity contribution in [3.05, 3.63) is 34.9 Å². The molecular formula is C17H23N3O3. The standard InChI is InChI=1S/C17H23N3O3/c1-10-3-4-12(11(2)5-10)7-18-13-6-15-16(22)19-14(9-21)17(23)20(15)8-13/h3-5,13-15,18,21H,6-9H2,1-2H3,(H,19,22)/t13-,14+,15-/m0/s1. The second-order valence-corrected chi connectivity index (χ2v) is 6.49. The maximum Gasteiger partial charge on any atom is 0.248 e. The highest BCUT2D eigenvalue weighted by Gasteiger charge is 2.45. The van der Waals surface area contributed by atoms with Crippen molar-refractivity contribution < 1.29 is 14.7 Å². The maximum atomic E-state index is 12.2. The fraction of sp³-hybridized carbons (Fsp3) is 0.529. The number of benzene rings is 1. The van der Waals surface area contributed by atoms with E-state index in [1.165, 1.54) is 16.7 Å². The van der Waals surface area contributed by atoms with E-state index in [2.05, 4.69) is 42.7 Å². The van der Waals surface area contributed by atoms with Crippen LogP contribution >= 0.6 is 0 Å². The van der Waals surface area contributed by atoms with Gasteiger partial charge in [-0.1, -0.05) is 23.8 Å². The quantitative estimate of drug-likeness (QED) is 0.721. The number of carbonyl (C=O) groups excluding carboxylic acids is 2. The molecule has 1 aromatic carbocycles. The number of hydrogen-bond acceptors (Lipinski definition) is 4. The molecule has 0 spiro atoms. The molecule has 6 nitrogen and oxygen atoms in total. The lowest BCUT2D eigenvalue weighted by Gasteiger charge is -2.33. The number of nitrogens with zero attached hydrogens (tertiary/aromatic N) is 1. The van der Waals surface area contributed by atoms with E-state index in [1.807, 2.05) is 0 Å². The number of piperazine rings is 1. The Labute approximate surface area is 135 Å². The second-order valence-electron chi connectivity index (χ2n) is 6.49. The Hall–Kier alpha value is -1.92. The summed E-state index contributed by atoms with van der Waals surface area (Å²) in [6.07, 6.45) is 0.612. The molecule has 1 aromatic rings. The predicted octanol–water partition coefficient (Wildman–Crippen LogP) is -0.147. The minimum atomic E-state index is -0.795. The number of carbonyl (C=O) groups is 2. The van der Waals surface area contributed by atoms with Gasteiger partial charge in [0, 0.05) is 19.1 Å². The van der Waals surface area contributed by atoms with Gasteiger partial charge in [0.25, 0.3) is 0 Å². The summed E-state index contributed by atoms with van der Waals surface area (Å²) >= 11 is 0. The number of nitrogens with one attached hydrogen (secondary N) is 2. The van der Waals surface area contributed by atoms with Crippen LogP contribution in [-0.2, 0) is 16.1 Å². The Kier molecular flexibility index (Phi) is 4.37. The van der Waals surface area contributed by atoms with Crippen molar-refractivity contribution in [2.24, 2.45) is 0 Å². The molecule has 3 rings (SSSR count). The molecule has 6 heteroatoms. The molecule has 0 aliphatic carbocycles. The summed E-state index contributed by atoms with van der Waals surface area (Å²) in [5, 5.41) is 15.2. The molecule has 0 unspecified atom stereocenters. The fourth-order valence-corrected chi connectivity index (χ4v) is 3.43. The number of amides is 2. The van der Waals surface area contributed by atoms with Crippen LogP contribution in [-0.4, -0.2) is 53.1 Å². The van der Waals surface area contributed by atoms with Crippen molar-refractivity contribution in [2.45, 2.75) is 44.9 Å². The molecule has 0 radical (unpaired) electrons. The Balaban J connectivity index is 1.63. The van der Waals surface area contributed by atoms with Crippen LogP contribution in [0.4, 0.5) is 0 Å². The van der Waals surface area contributed by atoms with E-state index < -0.39 is 12.1 Å². The normalized spacial score (nSPS) is 27.1.